The molecular weight excluding hydrogens is 570 g/mol. The summed E-state index contributed by atoms with van der Waals surface area (Å²) in [6.07, 6.45) is 0. The van der Waals surface area contributed by atoms with E-state index < -0.39 is 0 Å². The summed E-state index contributed by atoms with van der Waals surface area (Å²) in [6, 6.07) is 31.4. The Hall–Kier alpha value is -2.37. The van der Waals surface area contributed by atoms with Gasteiger partial charge in [0.1, 0.15) is 5.78 Å². The third-order valence-corrected chi connectivity index (χ3v) is 9.63. The molecule has 8 rings (SSSR count). The number of hydrogen-bond donors (Lipinski definition) is 0. The monoisotopic (exact) mass is 592 g/mol. The van der Waals surface area contributed by atoms with E-state index in [2.05, 4.69) is 58.3 Å². The van der Waals surface area contributed by atoms with Gasteiger partial charge in [-0.3, -0.25) is 14.6 Å². The minimum atomic E-state index is -0.252. The van der Waals surface area contributed by atoms with E-state index in [4.69, 9.17) is 46.4 Å². The van der Waals surface area contributed by atoms with Gasteiger partial charge < -0.3 is 0 Å². The van der Waals surface area contributed by atoms with Crippen LogP contribution in [0.2, 0.25) is 20.1 Å². The Morgan fingerprint density at radius 2 is 0.667 bits per heavy atom. The minimum absolute atomic E-state index is 0.102. The van der Waals surface area contributed by atoms with E-state index in [-0.39, 0.29) is 41.8 Å². The number of nitrogens with zero attached hydrogens (tertiary/aromatic N) is 2. The fourth-order valence-electron chi connectivity index (χ4n) is 7.14. The summed E-state index contributed by atoms with van der Waals surface area (Å²) in [5.41, 5.74) is 4.38. The Balaban J connectivity index is 1.44. The van der Waals surface area contributed by atoms with Crippen LogP contribution in [0.1, 0.15) is 46.4 Å². The molecule has 4 unspecified atom stereocenters. The summed E-state index contributed by atoms with van der Waals surface area (Å²) in [7, 11) is 0. The maximum absolute atomic E-state index is 14.8. The number of carbonyl (C=O) groups is 1. The predicted octanol–water partition coefficient (Wildman–Crippen LogP) is 8.97. The molecule has 0 aliphatic carbocycles. The summed E-state index contributed by atoms with van der Waals surface area (Å²) in [5.74, 6) is -0.224. The van der Waals surface area contributed by atoms with Crippen molar-refractivity contribution in [2.75, 3.05) is 6.67 Å². The van der Waals surface area contributed by atoms with Crippen LogP contribution in [0.15, 0.2) is 97.1 Å². The highest BCUT2D eigenvalue weighted by Gasteiger charge is 2.65. The number of benzene rings is 4. The van der Waals surface area contributed by atoms with Crippen LogP contribution in [-0.4, -0.2) is 22.3 Å². The molecular formula is C32H24Cl4N2O. The smallest absolute Gasteiger partial charge is 0.146 e. The number of hydrogen-bond acceptors (Lipinski definition) is 3. The third-order valence-electron chi connectivity index (χ3n) is 8.62. The van der Waals surface area contributed by atoms with Crippen molar-refractivity contribution in [3.63, 3.8) is 0 Å². The number of ketones is 1. The molecule has 196 valence electrons. The van der Waals surface area contributed by atoms with E-state index in [0.29, 0.717) is 26.8 Å². The maximum atomic E-state index is 14.8. The fourth-order valence-corrected chi connectivity index (χ4v) is 7.64. The number of piperidine rings is 2. The molecule has 4 aromatic rings. The van der Waals surface area contributed by atoms with E-state index in [9.17, 15) is 4.79 Å². The minimum Gasteiger partial charge on any atom is -0.299 e. The van der Waals surface area contributed by atoms with Gasteiger partial charge in [-0.25, -0.2) is 0 Å². The van der Waals surface area contributed by atoms with E-state index in [1.54, 1.807) is 0 Å². The zero-order valence-electron chi connectivity index (χ0n) is 20.7. The molecule has 0 radical (unpaired) electrons. The molecule has 0 saturated carbocycles. The molecule has 4 aliphatic rings. The van der Waals surface area contributed by atoms with E-state index in [0.717, 1.165) is 22.3 Å². The standard InChI is InChI=1S/C32H24Cl4N2O/c33-22-9-1-18(2-10-22)28-26-29(19-3-11-23(34)12-4-19)38-17-37(28)30(20-5-13-24(35)14-6-20)27(32(26)39)31(38)21-7-15-25(36)16-8-21/h1-16,26-31H,17H2. The first kappa shape index (κ1) is 25.6. The van der Waals surface area contributed by atoms with Crippen molar-refractivity contribution >= 4 is 52.2 Å². The SMILES string of the molecule is O=C1C2C(c3ccc(Cl)cc3)N3CN(C2c2ccc(Cl)cc2)C(c2ccc(Cl)cc2)C1C3c1ccc(Cl)cc1. The molecule has 4 heterocycles. The molecule has 4 bridgehead atoms. The summed E-state index contributed by atoms with van der Waals surface area (Å²) in [4.78, 5) is 19.8. The second-order valence-electron chi connectivity index (χ2n) is 10.6. The van der Waals surface area contributed by atoms with Gasteiger partial charge in [0, 0.05) is 44.3 Å². The maximum Gasteiger partial charge on any atom is 0.146 e. The molecule has 39 heavy (non-hydrogen) atoms. The Bertz CT molecular complexity index is 1300. The van der Waals surface area contributed by atoms with E-state index >= 15 is 0 Å². The Kier molecular flexibility index (Phi) is 6.51. The Morgan fingerprint density at radius 1 is 0.436 bits per heavy atom. The van der Waals surface area contributed by atoms with Gasteiger partial charge in [0.2, 0.25) is 0 Å². The molecule has 0 amide bonds. The molecule has 4 aromatic carbocycles. The number of carbonyl (C=O) groups excluding carboxylic acids is 1. The highest BCUT2D eigenvalue weighted by Crippen LogP contribution is 2.64. The van der Waals surface area contributed by atoms with Crippen LogP contribution in [0.3, 0.4) is 0 Å². The van der Waals surface area contributed by atoms with Gasteiger partial charge in [-0.05, 0) is 70.8 Å². The molecule has 7 heteroatoms. The van der Waals surface area contributed by atoms with Gasteiger partial charge in [0.05, 0.1) is 18.5 Å². The third kappa shape index (κ3) is 4.23. The van der Waals surface area contributed by atoms with Crippen molar-refractivity contribution < 1.29 is 4.79 Å². The van der Waals surface area contributed by atoms with Crippen LogP contribution < -0.4 is 0 Å². The van der Waals surface area contributed by atoms with Gasteiger partial charge in [-0.15, -0.1) is 0 Å². The van der Waals surface area contributed by atoms with Crippen LogP contribution in [0.4, 0.5) is 0 Å². The number of halogens is 4. The van der Waals surface area contributed by atoms with Crippen molar-refractivity contribution in [1.82, 2.24) is 9.80 Å². The van der Waals surface area contributed by atoms with Crippen molar-refractivity contribution in [2.45, 2.75) is 24.2 Å². The normalized spacial score (nSPS) is 31.0. The lowest BCUT2D eigenvalue weighted by molar-refractivity contribution is -0.208. The second-order valence-corrected chi connectivity index (χ2v) is 12.4. The largest absolute Gasteiger partial charge is 0.299 e. The fraction of sp³-hybridized carbons (Fsp3) is 0.219. The summed E-state index contributed by atoms with van der Waals surface area (Å²) in [5, 5.41) is 2.72. The molecule has 3 nitrogen and oxygen atoms in total. The van der Waals surface area contributed by atoms with E-state index in [1.165, 1.54) is 0 Å². The molecule has 0 aromatic heterocycles. The van der Waals surface area contributed by atoms with Gasteiger partial charge in [-0.1, -0.05) is 94.9 Å². The predicted molar refractivity (Wildman–Crippen MR) is 157 cm³/mol. The molecule has 0 N–H and O–H groups in total. The lowest BCUT2D eigenvalue weighted by Gasteiger charge is -2.67. The average Bonchev–Trinajstić information content (AvgIpc) is 2.94. The molecule has 4 fully saturated rings. The Labute approximate surface area is 247 Å². The van der Waals surface area contributed by atoms with Crippen LogP contribution in [-0.2, 0) is 4.79 Å². The first-order valence-corrected chi connectivity index (χ1v) is 14.5. The van der Waals surface area contributed by atoms with Crippen LogP contribution in [0.5, 0.6) is 0 Å². The lowest BCUT2D eigenvalue weighted by atomic mass is 9.60. The van der Waals surface area contributed by atoms with Crippen molar-refractivity contribution in [1.29, 1.82) is 0 Å². The molecule has 4 saturated heterocycles. The zero-order valence-corrected chi connectivity index (χ0v) is 23.7. The highest BCUT2D eigenvalue weighted by atomic mass is 35.5. The van der Waals surface area contributed by atoms with Gasteiger partial charge in [0.15, 0.2) is 0 Å². The van der Waals surface area contributed by atoms with Crippen LogP contribution in [0, 0.1) is 11.8 Å². The average molecular weight is 594 g/mol. The van der Waals surface area contributed by atoms with Gasteiger partial charge in [0.25, 0.3) is 0 Å². The van der Waals surface area contributed by atoms with Crippen molar-refractivity contribution in [2.24, 2.45) is 11.8 Å². The summed E-state index contributed by atoms with van der Waals surface area (Å²) in [6.45, 7) is 0.696. The summed E-state index contributed by atoms with van der Waals surface area (Å²) >= 11 is 25.1. The Morgan fingerprint density at radius 3 is 0.897 bits per heavy atom. The molecule has 4 aliphatic heterocycles. The topological polar surface area (TPSA) is 23.6 Å². The lowest BCUT2D eigenvalue weighted by Crippen LogP contribution is -2.69. The van der Waals surface area contributed by atoms with E-state index in [1.807, 2.05) is 48.5 Å². The second kappa shape index (κ2) is 9.92. The highest BCUT2D eigenvalue weighted by molar-refractivity contribution is 6.31. The number of Topliss-reactive ketones (excluding diaryl/α,β-unsaturated/α-hetero) is 1. The molecule has 0 spiro atoms. The number of rotatable bonds is 4. The zero-order chi connectivity index (χ0) is 26.8. The summed E-state index contributed by atoms with van der Waals surface area (Å²) < 4.78 is 0. The van der Waals surface area contributed by atoms with Crippen LogP contribution >= 0.6 is 46.4 Å². The molecule has 4 atom stereocenters. The van der Waals surface area contributed by atoms with Crippen LogP contribution in [0.25, 0.3) is 0 Å². The quantitative estimate of drug-likeness (QED) is 0.236. The van der Waals surface area contributed by atoms with Crippen molar-refractivity contribution in [3.8, 4) is 0 Å². The van der Waals surface area contributed by atoms with Crippen molar-refractivity contribution in [3.05, 3.63) is 139 Å². The first-order chi connectivity index (χ1) is 18.9. The van der Waals surface area contributed by atoms with Gasteiger partial charge >= 0.3 is 0 Å². The van der Waals surface area contributed by atoms with Gasteiger partial charge in [-0.2, -0.15) is 0 Å². The first-order valence-electron chi connectivity index (χ1n) is 13.0.